The molecule has 0 spiro atoms. The van der Waals surface area contributed by atoms with Crippen LogP contribution in [0, 0.1) is 0 Å². The lowest BCUT2D eigenvalue weighted by atomic mass is 10.2. The zero-order chi connectivity index (χ0) is 24.5. The van der Waals surface area contributed by atoms with Crippen LogP contribution in [0.2, 0.25) is 5.02 Å². The molecular formula is C20H17ClF3N3O5S. The van der Waals surface area contributed by atoms with Gasteiger partial charge in [0.15, 0.2) is 11.4 Å². The maximum absolute atomic E-state index is 12.6. The molecule has 2 aromatic rings. The van der Waals surface area contributed by atoms with E-state index >= 15 is 0 Å². The number of nitrogens with zero attached hydrogens (tertiary/aromatic N) is 2. The molecule has 0 fully saturated rings. The number of rotatable bonds is 5. The van der Waals surface area contributed by atoms with E-state index in [9.17, 15) is 27.6 Å². The van der Waals surface area contributed by atoms with Crippen LogP contribution in [0.4, 0.5) is 13.2 Å². The number of fused-ring (bicyclic) bond motifs is 3. The summed E-state index contributed by atoms with van der Waals surface area (Å²) >= 11 is 9.77. The Labute approximate surface area is 195 Å². The van der Waals surface area contributed by atoms with Gasteiger partial charge in [-0.3, -0.25) is 9.59 Å². The summed E-state index contributed by atoms with van der Waals surface area (Å²) in [5.74, 6) is -1.33. The highest BCUT2D eigenvalue weighted by Crippen LogP contribution is 2.43. The van der Waals surface area contributed by atoms with E-state index in [-0.39, 0.29) is 34.4 Å². The van der Waals surface area contributed by atoms with Crippen molar-refractivity contribution in [3.63, 3.8) is 0 Å². The number of hydrogen-bond acceptors (Lipinski definition) is 7. The molecule has 0 aliphatic heterocycles. The third-order valence-corrected chi connectivity index (χ3v) is 5.02. The van der Waals surface area contributed by atoms with Gasteiger partial charge in [0.25, 0.3) is 0 Å². The molecule has 0 saturated carbocycles. The molecule has 1 atom stereocenters. The maximum Gasteiger partial charge on any atom is 0.425 e. The molecule has 176 valence electrons. The number of esters is 1. The molecule has 4 rings (SSSR count). The molecule has 2 aliphatic rings. The monoisotopic (exact) mass is 503 g/mol. The third kappa shape index (κ3) is 5.50. The second-order valence-corrected chi connectivity index (χ2v) is 8.08. The summed E-state index contributed by atoms with van der Waals surface area (Å²) in [5.41, 5.74) is 1.61. The van der Waals surface area contributed by atoms with Crippen LogP contribution < -0.4 is 11.1 Å². The minimum atomic E-state index is -4.55. The van der Waals surface area contributed by atoms with E-state index in [1.165, 1.54) is 7.11 Å². The van der Waals surface area contributed by atoms with Crippen molar-refractivity contribution in [3.05, 3.63) is 45.5 Å². The van der Waals surface area contributed by atoms with Crippen molar-refractivity contribution in [2.45, 2.75) is 24.8 Å². The van der Waals surface area contributed by atoms with Crippen LogP contribution >= 0.6 is 24.2 Å². The van der Waals surface area contributed by atoms with Gasteiger partial charge in [0, 0.05) is 18.3 Å². The highest BCUT2D eigenvalue weighted by molar-refractivity contribution is 7.81. The largest absolute Gasteiger partial charge is 0.469 e. The number of halogens is 4. The zero-order valence-corrected chi connectivity index (χ0v) is 18.8. The number of thiol groups is 1. The molecule has 0 bridgehead atoms. The fraction of sp³-hybridized carbons (Fsp3) is 0.300. The van der Waals surface area contributed by atoms with Gasteiger partial charge in [0.1, 0.15) is 5.52 Å². The highest BCUT2D eigenvalue weighted by atomic mass is 35.5. The molecule has 1 unspecified atom stereocenters. The summed E-state index contributed by atoms with van der Waals surface area (Å²) < 4.78 is 48.3. The molecule has 2 heterocycles. The Morgan fingerprint density at radius 2 is 2.03 bits per heavy atom. The number of hydrogen-bond donors (Lipinski definition) is 2. The van der Waals surface area contributed by atoms with Crippen molar-refractivity contribution in [3.8, 4) is 16.9 Å². The Kier molecular flexibility index (Phi) is 7.08. The second-order valence-electron chi connectivity index (χ2n) is 6.89. The van der Waals surface area contributed by atoms with E-state index in [1.807, 2.05) is 6.07 Å². The van der Waals surface area contributed by atoms with Crippen LogP contribution in [0.25, 0.3) is 28.0 Å². The number of nitrogens with one attached hydrogen (secondary N) is 1. The molecule has 2 aliphatic carbocycles. The number of oxazole rings is 1. The van der Waals surface area contributed by atoms with Crippen molar-refractivity contribution in [2.75, 3.05) is 13.7 Å². The smallest absolute Gasteiger partial charge is 0.425 e. The van der Waals surface area contributed by atoms with Crippen LogP contribution in [-0.4, -0.2) is 40.3 Å². The standard InChI is InChI=1S/C13H4ClF3N2O2.C7H13NO3S/c14-8-3-6(13(15,16)17)4-18-11(8)19-10-7-1-5(7)2-9(10)21-12(19)20;1-5(12)7(10)8-4-3-6(9)11-2/h1-4H;5,12H,3-4H2,1-2H3,(H,8,10). The molecule has 13 heteroatoms. The first kappa shape index (κ1) is 24.6. The molecule has 0 aromatic carbocycles. The minimum absolute atomic E-state index is 0.0814. The maximum atomic E-state index is 12.6. The third-order valence-electron chi connectivity index (χ3n) is 4.50. The first-order chi connectivity index (χ1) is 15.4. The van der Waals surface area contributed by atoms with Crippen LogP contribution in [0.3, 0.4) is 0 Å². The number of carbonyl (C=O) groups excluding carboxylic acids is 2. The Hall–Kier alpha value is -2.99. The Bertz CT molecular complexity index is 1290. The van der Waals surface area contributed by atoms with Crippen LogP contribution in [0.15, 0.2) is 33.6 Å². The first-order valence-electron chi connectivity index (χ1n) is 9.39. The van der Waals surface area contributed by atoms with Gasteiger partial charge in [0.2, 0.25) is 5.91 Å². The van der Waals surface area contributed by atoms with Gasteiger partial charge in [-0.25, -0.2) is 14.3 Å². The fourth-order valence-corrected chi connectivity index (χ4v) is 3.15. The molecular weight excluding hydrogens is 487 g/mol. The zero-order valence-electron chi connectivity index (χ0n) is 17.2. The topological polar surface area (TPSA) is 103 Å². The van der Waals surface area contributed by atoms with Crippen molar-refractivity contribution in [2.24, 2.45) is 0 Å². The molecule has 0 radical (unpaired) electrons. The molecule has 0 saturated heterocycles. The number of amides is 1. The highest BCUT2D eigenvalue weighted by Gasteiger charge is 2.33. The van der Waals surface area contributed by atoms with Gasteiger partial charge in [0.05, 0.1) is 29.4 Å². The fourth-order valence-electron chi connectivity index (χ4n) is 2.81. The average Bonchev–Trinajstić information content (AvgIpc) is 3.29. The lowest BCUT2D eigenvalue weighted by Crippen LogP contribution is -2.31. The van der Waals surface area contributed by atoms with Crippen LogP contribution in [0.5, 0.6) is 0 Å². The Morgan fingerprint density at radius 3 is 2.61 bits per heavy atom. The summed E-state index contributed by atoms with van der Waals surface area (Å²) in [6.07, 6.45) is -3.72. The average molecular weight is 504 g/mol. The number of carbonyl (C=O) groups is 2. The second kappa shape index (κ2) is 9.48. The number of pyridine rings is 1. The Morgan fingerprint density at radius 1 is 1.33 bits per heavy atom. The van der Waals surface area contributed by atoms with Gasteiger partial charge in [-0.05, 0) is 30.7 Å². The van der Waals surface area contributed by atoms with Crippen LogP contribution in [-0.2, 0) is 20.5 Å². The molecule has 33 heavy (non-hydrogen) atoms. The van der Waals surface area contributed by atoms with Crippen molar-refractivity contribution < 1.29 is 31.9 Å². The summed E-state index contributed by atoms with van der Waals surface area (Å²) in [4.78, 5) is 37.0. The quantitative estimate of drug-likeness (QED) is 0.318. The van der Waals surface area contributed by atoms with Gasteiger partial charge in [-0.2, -0.15) is 25.8 Å². The molecule has 2 aromatic heterocycles. The number of ether oxygens (including phenoxy) is 1. The van der Waals surface area contributed by atoms with E-state index in [1.54, 1.807) is 13.0 Å². The van der Waals surface area contributed by atoms with Crippen molar-refractivity contribution in [1.29, 1.82) is 0 Å². The number of methoxy groups -OCH3 is 1. The van der Waals surface area contributed by atoms with Crippen LogP contribution in [0.1, 0.15) is 18.9 Å². The minimum Gasteiger partial charge on any atom is -0.469 e. The number of benzene rings is 1. The van der Waals surface area contributed by atoms with Crippen molar-refractivity contribution in [1.82, 2.24) is 14.9 Å². The number of aromatic nitrogens is 2. The molecule has 1 amide bonds. The van der Waals surface area contributed by atoms with E-state index in [2.05, 4.69) is 27.7 Å². The van der Waals surface area contributed by atoms with E-state index in [4.69, 9.17) is 16.0 Å². The van der Waals surface area contributed by atoms with Gasteiger partial charge >= 0.3 is 17.9 Å². The number of alkyl halides is 3. The summed E-state index contributed by atoms with van der Waals surface area (Å²) in [5, 5.41) is 1.91. The van der Waals surface area contributed by atoms with E-state index in [0.29, 0.717) is 23.8 Å². The predicted octanol–water partition coefficient (Wildman–Crippen LogP) is 3.62. The SMILES string of the molecule is COC(=O)CCNC(=O)C(C)S.O=c1oc2cc3cc-3c2n1-c1ncc(C(F)(F)F)cc1Cl. The van der Waals surface area contributed by atoms with Gasteiger partial charge < -0.3 is 14.5 Å². The normalized spacial score (nSPS) is 12.6. The summed E-state index contributed by atoms with van der Waals surface area (Å²) in [7, 11) is 1.31. The first-order valence-corrected chi connectivity index (χ1v) is 10.3. The van der Waals surface area contributed by atoms with E-state index in [0.717, 1.165) is 21.8 Å². The van der Waals surface area contributed by atoms with Gasteiger partial charge in [-0.15, -0.1) is 0 Å². The van der Waals surface area contributed by atoms with Crippen molar-refractivity contribution >= 4 is 47.2 Å². The lowest BCUT2D eigenvalue weighted by molar-refractivity contribution is -0.140. The lowest BCUT2D eigenvalue weighted by Gasteiger charge is -2.09. The Balaban J connectivity index is 0.000000221. The van der Waals surface area contributed by atoms with Gasteiger partial charge in [-0.1, -0.05) is 11.6 Å². The predicted molar refractivity (Wildman–Crippen MR) is 117 cm³/mol. The molecule has 1 N–H and O–H groups in total. The summed E-state index contributed by atoms with van der Waals surface area (Å²) in [6, 6.07) is 4.24. The van der Waals surface area contributed by atoms with E-state index < -0.39 is 17.5 Å². The molecule has 8 nitrogen and oxygen atoms in total. The summed E-state index contributed by atoms with van der Waals surface area (Å²) in [6.45, 7) is 1.97.